The lowest BCUT2D eigenvalue weighted by Crippen LogP contribution is -2.14. The van der Waals surface area contributed by atoms with E-state index in [0.29, 0.717) is 17.1 Å². The Kier molecular flexibility index (Phi) is 5.13. The average molecular weight is 357 g/mol. The van der Waals surface area contributed by atoms with Gasteiger partial charge in [-0.2, -0.15) is 5.26 Å². The van der Waals surface area contributed by atoms with Crippen LogP contribution >= 0.6 is 0 Å². The Morgan fingerprint density at radius 2 is 1.78 bits per heavy atom. The zero-order valence-electron chi connectivity index (χ0n) is 15.4. The third-order valence-electron chi connectivity index (χ3n) is 4.08. The normalized spacial score (nSPS) is 10.1. The van der Waals surface area contributed by atoms with Crippen molar-refractivity contribution in [3.8, 4) is 6.07 Å². The van der Waals surface area contributed by atoms with Gasteiger partial charge in [-0.15, -0.1) is 0 Å². The molecule has 1 amide bonds. The molecule has 0 radical (unpaired) electrons. The zero-order valence-corrected chi connectivity index (χ0v) is 15.4. The van der Waals surface area contributed by atoms with Crippen LogP contribution < -0.4 is 10.6 Å². The number of hydrogen-bond donors (Lipinski definition) is 2. The Morgan fingerprint density at radius 3 is 2.48 bits per heavy atom. The number of aromatic nitrogens is 2. The second-order valence-electron chi connectivity index (χ2n) is 6.33. The van der Waals surface area contributed by atoms with E-state index in [9.17, 15) is 4.79 Å². The van der Waals surface area contributed by atoms with E-state index in [1.807, 2.05) is 19.9 Å². The monoisotopic (exact) mass is 357 g/mol. The minimum atomic E-state index is -0.368. The van der Waals surface area contributed by atoms with Gasteiger partial charge in [-0.1, -0.05) is 23.8 Å². The molecule has 1 heterocycles. The predicted octanol–water partition coefficient (Wildman–Crippen LogP) is 4.27. The fraction of sp³-hybridized carbons (Fsp3) is 0.143. The molecule has 6 heteroatoms. The van der Waals surface area contributed by atoms with E-state index in [0.717, 1.165) is 16.8 Å². The maximum atomic E-state index is 12.5. The number of nitriles is 1. The van der Waals surface area contributed by atoms with E-state index in [1.54, 1.807) is 30.3 Å². The fourth-order valence-corrected chi connectivity index (χ4v) is 2.92. The van der Waals surface area contributed by atoms with Gasteiger partial charge in [0.2, 0.25) is 0 Å². The highest BCUT2D eigenvalue weighted by Crippen LogP contribution is 2.25. The maximum absolute atomic E-state index is 12.5. The van der Waals surface area contributed by atoms with Crippen LogP contribution in [0.25, 0.3) is 0 Å². The lowest BCUT2D eigenvalue weighted by Gasteiger charge is -2.13. The molecule has 2 N–H and O–H groups in total. The van der Waals surface area contributed by atoms with Crippen molar-refractivity contribution in [3.63, 3.8) is 0 Å². The predicted molar refractivity (Wildman–Crippen MR) is 105 cm³/mol. The third kappa shape index (κ3) is 4.28. The Morgan fingerprint density at radius 1 is 1.04 bits per heavy atom. The Bertz CT molecular complexity index is 1030. The van der Waals surface area contributed by atoms with E-state index < -0.39 is 0 Å². The molecule has 6 nitrogen and oxygen atoms in total. The van der Waals surface area contributed by atoms with Crippen LogP contribution in [0, 0.1) is 32.1 Å². The second kappa shape index (κ2) is 7.67. The molecule has 27 heavy (non-hydrogen) atoms. The number of carbonyl (C=O) groups is 1. The molecule has 0 unspecified atom stereocenters. The van der Waals surface area contributed by atoms with Crippen LogP contribution in [0.15, 0.2) is 48.8 Å². The molecule has 0 saturated carbocycles. The molecule has 0 bridgehead atoms. The third-order valence-corrected chi connectivity index (χ3v) is 4.08. The van der Waals surface area contributed by atoms with Crippen LogP contribution in [0.2, 0.25) is 0 Å². The molecule has 0 aliphatic heterocycles. The molecule has 0 fully saturated rings. The molecule has 3 aromatic rings. The number of amides is 1. The van der Waals surface area contributed by atoms with E-state index in [2.05, 4.69) is 39.7 Å². The van der Waals surface area contributed by atoms with Gasteiger partial charge in [-0.3, -0.25) is 4.79 Å². The van der Waals surface area contributed by atoms with Crippen LogP contribution in [-0.2, 0) is 0 Å². The first-order chi connectivity index (χ1) is 13.0. The van der Waals surface area contributed by atoms with Crippen LogP contribution in [0.4, 0.5) is 17.2 Å². The van der Waals surface area contributed by atoms with Crippen molar-refractivity contribution in [2.24, 2.45) is 0 Å². The summed E-state index contributed by atoms with van der Waals surface area (Å²) in [6, 6.07) is 14.5. The summed E-state index contributed by atoms with van der Waals surface area (Å²) in [7, 11) is 0. The van der Waals surface area contributed by atoms with Gasteiger partial charge >= 0.3 is 0 Å². The van der Waals surface area contributed by atoms with Crippen LogP contribution in [-0.4, -0.2) is 15.9 Å². The SMILES string of the molecule is Cc1cc(C)c(Nc2cc(C(=O)Nc3cccc(C#N)c3)ncn2)c(C)c1. The van der Waals surface area contributed by atoms with Gasteiger partial charge in [0, 0.05) is 17.4 Å². The Labute approximate surface area is 157 Å². The van der Waals surface area contributed by atoms with Crippen LogP contribution in [0.5, 0.6) is 0 Å². The molecule has 1 aromatic heterocycles. The highest BCUT2D eigenvalue weighted by atomic mass is 16.1. The van der Waals surface area contributed by atoms with Gasteiger partial charge < -0.3 is 10.6 Å². The second-order valence-corrected chi connectivity index (χ2v) is 6.33. The first-order valence-corrected chi connectivity index (χ1v) is 8.44. The number of nitrogens with zero attached hydrogens (tertiary/aromatic N) is 3. The highest BCUT2D eigenvalue weighted by molar-refractivity contribution is 6.03. The van der Waals surface area contributed by atoms with Crippen molar-refractivity contribution in [1.29, 1.82) is 5.26 Å². The standard InChI is InChI=1S/C21H19N5O/c1-13-7-14(2)20(15(3)8-13)26-19-10-18(23-12-24-19)21(27)25-17-6-4-5-16(9-17)11-22/h4-10,12H,1-3H3,(H,25,27)(H,23,24,26). The summed E-state index contributed by atoms with van der Waals surface area (Å²) in [5.41, 5.74) is 5.61. The smallest absolute Gasteiger partial charge is 0.274 e. The van der Waals surface area contributed by atoms with Gasteiger partial charge in [-0.25, -0.2) is 9.97 Å². The molecule has 0 aliphatic carbocycles. The van der Waals surface area contributed by atoms with Crippen LogP contribution in [0.1, 0.15) is 32.7 Å². The number of benzene rings is 2. The molecule has 0 spiro atoms. The minimum Gasteiger partial charge on any atom is -0.340 e. The number of carbonyl (C=O) groups excluding carboxylic acids is 1. The van der Waals surface area contributed by atoms with Gasteiger partial charge in [0.15, 0.2) is 0 Å². The van der Waals surface area contributed by atoms with Gasteiger partial charge in [0.25, 0.3) is 5.91 Å². The summed E-state index contributed by atoms with van der Waals surface area (Å²) in [6.45, 7) is 6.11. The molecule has 134 valence electrons. The zero-order chi connectivity index (χ0) is 19.4. The summed E-state index contributed by atoms with van der Waals surface area (Å²) in [4.78, 5) is 20.7. The van der Waals surface area contributed by atoms with Crippen molar-refractivity contribution in [2.45, 2.75) is 20.8 Å². The number of nitrogens with one attached hydrogen (secondary N) is 2. The quantitative estimate of drug-likeness (QED) is 0.728. The number of hydrogen-bond acceptors (Lipinski definition) is 5. The first kappa shape index (κ1) is 18.1. The molecular formula is C21H19N5O. The molecule has 2 aromatic carbocycles. The van der Waals surface area contributed by atoms with E-state index in [-0.39, 0.29) is 11.6 Å². The summed E-state index contributed by atoms with van der Waals surface area (Å²) < 4.78 is 0. The lowest BCUT2D eigenvalue weighted by molar-refractivity contribution is 0.102. The van der Waals surface area contributed by atoms with Crippen molar-refractivity contribution < 1.29 is 4.79 Å². The molecule has 0 saturated heterocycles. The summed E-state index contributed by atoms with van der Waals surface area (Å²) in [5, 5.41) is 15.0. The van der Waals surface area contributed by atoms with Crippen LogP contribution in [0.3, 0.4) is 0 Å². The van der Waals surface area contributed by atoms with E-state index >= 15 is 0 Å². The van der Waals surface area contributed by atoms with Gasteiger partial charge in [0.05, 0.1) is 11.6 Å². The van der Waals surface area contributed by atoms with Crippen molar-refractivity contribution in [3.05, 3.63) is 76.7 Å². The van der Waals surface area contributed by atoms with Crippen molar-refractivity contribution >= 4 is 23.1 Å². The molecule has 0 aliphatic rings. The van der Waals surface area contributed by atoms with Crippen molar-refractivity contribution in [2.75, 3.05) is 10.6 Å². The number of rotatable bonds is 4. The molecule has 3 rings (SSSR count). The Hall–Kier alpha value is -3.72. The topological polar surface area (TPSA) is 90.7 Å². The maximum Gasteiger partial charge on any atom is 0.274 e. The van der Waals surface area contributed by atoms with E-state index in [1.165, 1.54) is 11.9 Å². The Balaban J connectivity index is 1.81. The van der Waals surface area contributed by atoms with Crippen molar-refractivity contribution in [1.82, 2.24) is 9.97 Å². The van der Waals surface area contributed by atoms with E-state index in [4.69, 9.17) is 5.26 Å². The number of aryl methyl sites for hydroxylation is 3. The largest absolute Gasteiger partial charge is 0.340 e. The summed E-state index contributed by atoms with van der Waals surface area (Å²) >= 11 is 0. The fourth-order valence-electron chi connectivity index (χ4n) is 2.92. The van der Waals surface area contributed by atoms with Gasteiger partial charge in [0.1, 0.15) is 17.8 Å². The van der Waals surface area contributed by atoms with Gasteiger partial charge in [-0.05, 0) is 50.1 Å². The summed E-state index contributed by atoms with van der Waals surface area (Å²) in [5.74, 6) is 0.170. The highest BCUT2D eigenvalue weighted by Gasteiger charge is 2.11. The number of anilines is 3. The average Bonchev–Trinajstić information content (AvgIpc) is 2.65. The molecule has 0 atom stereocenters. The minimum absolute atomic E-state index is 0.234. The lowest BCUT2D eigenvalue weighted by atomic mass is 10.1. The molecular weight excluding hydrogens is 338 g/mol. The first-order valence-electron chi connectivity index (χ1n) is 8.44. The summed E-state index contributed by atoms with van der Waals surface area (Å²) in [6.07, 6.45) is 1.35.